The van der Waals surface area contributed by atoms with E-state index in [1.54, 1.807) is 19.2 Å². The first-order valence-electron chi connectivity index (χ1n) is 6.06. The van der Waals surface area contributed by atoms with Crippen molar-refractivity contribution in [3.63, 3.8) is 0 Å². The van der Waals surface area contributed by atoms with Gasteiger partial charge in [0.2, 0.25) is 5.70 Å². The van der Waals surface area contributed by atoms with Crippen molar-refractivity contribution in [2.75, 3.05) is 14.2 Å². The van der Waals surface area contributed by atoms with E-state index in [1.165, 1.54) is 12.4 Å². The van der Waals surface area contributed by atoms with E-state index in [4.69, 9.17) is 15.3 Å². The number of ether oxygens (including phenoxy) is 2. The van der Waals surface area contributed by atoms with E-state index in [0.29, 0.717) is 6.54 Å². The van der Waals surface area contributed by atoms with Gasteiger partial charge in [-0.25, -0.2) is 9.59 Å². The predicted molar refractivity (Wildman–Crippen MR) is 74.1 cm³/mol. The first-order valence-corrected chi connectivity index (χ1v) is 6.06. The molecule has 0 amide bonds. The number of rotatable bonds is 7. The van der Waals surface area contributed by atoms with Gasteiger partial charge in [-0.1, -0.05) is 0 Å². The van der Waals surface area contributed by atoms with E-state index >= 15 is 0 Å². The lowest BCUT2D eigenvalue weighted by Gasteiger charge is -2.05. The summed E-state index contributed by atoms with van der Waals surface area (Å²) in [7, 11) is 2.76. The van der Waals surface area contributed by atoms with Crippen molar-refractivity contribution in [2.45, 2.75) is 6.54 Å². The van der Waals surface area contributed by atoms with Crippen LogP contribution in [0.25, 0.3) is 0 Å². The van der Waals surface area contributed by atoms with Crippen molar-refractivity contribution < 1.29 is 29.5 Å². The van der Waals surface area contributed by atoms with Gasteiger partial charge in [0, 0.05) is 11.6 Å². The van der Waals surface area contributed by atoms with E-state index in [0.717, 1.165) is 17.4 Å². The molecule has 112 valence electrons. The number of carboxylic acids is 1. The Balaban J connectivity index is 2.79. The van der Waals surface area contributed by atoms with Gasteiger partial charge in [-0.2, -0.15) is 0 Å². The maximum absolute atomic E-state index is 11.6. The molecular weight excluding hydrogens is 276 g/mol. The number of nitrogens with two attached hydrogens (primary N) is 1. The highest BCUT2D eigenvalue weighted by Gasteiger charge is 2.17. The monoisotopic (exact) mass is 293 g/mol. The Hall–Kier alpha value is -2.67. The number of hydrogen-bond acceptors (Lipinski definition) is 5. The average molecular weight is 293 g/mol. The third-order valence-electron chi connectivity index (χ3n) is 2.67. The van der Waals surface area contributed by atoms with Crippen LogP contribution >= 0.6 is 0 Å². The van der Waals surface area contributed by atoms with Gasteiger partial charge in [0.1, 0.15) is 18.0 Å². The molecule has 0 saturated heterocycles. The van der Waals surface area contributed by atoms with Crippen LogP contribution in [0.1, 0.15) is 5.56 Å². The van der Waals surface area contributed by atoms with Crippen molar-refractivity contribution in [3.8, 4) is 5.75 Å². The molecule has 0 aliphatic carbocycles. The summed E-state index contributed by atoms with van der Waals surface area (Å²) >= 11 is 0. The number of nitrogens with one attached hydrogen (secondary N) is 1. The quantitative estimate of drug-likeness (QED) is 0.370. The van der Waals surface area contributed by atoms with Crippen LogP contribution in [0.2, 0.25) is 0 Å². The smallest absolute Gasteiger partial charge is 0.392 e. The van der Waals surface area contributed by atoms with Crippen molar-refractivity contribution in [3.05, 3.63) is 41.6 Å². The highest BCUT2D eigenvalue weighted by molar-refractivity contribution is 6.39. The van der Waals surface area contributed by atoms with Crippen LogP contribution in [0, 0.1) is 5.41 Å². The van der Waals surface area contributed by atoms with E-state index in [-0.39, 0.29) is 5.70 Å². The topological polar surface area (TPSA) is 113 Å². The molecule has 0 spiro atoms. The van der Waals surface area contributed by atoms with Crippen LogP contribution in [0.3, 0.4) is 0 Å². The average Bonchev–Trinajstić information content (AvgIpc) is 2.50. The normalized spacial score (nSPS) is 10.9. The highest BCUT2D eigenvalue weighted by Crippen LogP contribution is 2.10. The van der Waals surface area contributed by atoms with Gasteiger partial charge in [-0.15, -0.1) is 0 Å². The van der Waals surface area contributed by atoms with Gasteiger partial charge in [0.05, 0.1) is 14.2 Å². The van der Waals surface area contributed by atoms with Gasteiger partial charge < -0.3 is 19.9 Å². The second kappa shape index (κ2) is 7.81. The summed E-state index contributed by atoms with van der Waals surface area (Å²) in [5.74, 6) is -1.38. The van der Waals surface area contributed by atoms with Gasteiger partial charge in [-0.05, 0) is 24.3 Å². The Labute approximate surface area is 121 Å². The van der Waals surface area contributed by atoms with Crippen molar-refractivity contribution in [1.29, 1.82) is 5.41 Å². The zero-order valence-electron chi connectivity index (χ0n) is 11.8. The molecule has 21 heavy (non-hydrogen) atoms. The number of carboxylic acid groups (broad SMARTS) is 1. The van der Waals surface area contributed by atoms with E-state index in [9.17, 15) is 9.59 Å². The number of methoxy groups -OCH3 is 2. The largest absolute Gasteiger partial charge is 0.497 e. The van der Waals surface area contributed by atoms with Gasteiger partial charge in [0.25, 0.3) is 0 Å². The Morgan fingerprint density at radius 3 is 2.38 bits per heavy atom. The molecule has 1 aromatic rings. The van der Waals surface area contributed by atoms with Crippen molar-refractivity contribution in [2.24, 2.45) is 0 Å². The minimum atomic E-state index is -1.41. The van der Waals surface area contributed by atoms with Crippen LogP contribution < -0.4 is 10.1 Å². The Morgan fingerprint density at radius 2 is 1.90 bits per heavy atom. The molecule has 4 N–H and O–H groups in total. The van der Waals surface area contributed by atoms with Crippen molar-refractivity contribution in [1.82, 2.24) is 0 Å². The molecule has 0 saturated carbocycles. The zero-order valence-corrected chi connectivity index (χ0v) is 11.8. The summed E-state index contributed by atoms with van der Waals surface area (Å²) in [5.41, 5.74) is 0.259. The number of esters is 1. The van der Waals surface area contributed by atoms with Crippen LogP contribution in [-0.2, 0) is 20.9 Å². The number of carbonyl (C=O) groups is 2. The summed E-state index contributed by atoms with van der Waals surface area (Å²) in [6.45, 7) is 0.401. The predicted octanol–water partition coefficient (Wildman–Crippen LogP) is -0.0801. The molecule has 7 heteroatoms. The molecule has 0 aliphatic heterocycles. The number of hydrogen-bond donors (Lipinski definition) is 3. The molecular formula is C14H17N2O5+. The summed E-state index contributed by atoms with van der Waals surface area (Å²) in [5, 5.41) is 17.5. The Morgan fingerprint density at radius 1 is 1.29 bits per heavy atom. The molecule has 1 rings (SSSR count). The van der Waals surface area contributed by atoms with Gasteiger partial charge >= 0.3 is 11.9 Å². The second-order valence-electron chi connectivity index (χ2n) is 4.07. The number of aliphatic carboxylic acids is 1. The van der Waals surface area contributed by atoms with Crippen LogP contribution in [0.4, 0.5) is 0 Å². The van der Waals surface area contributed by atoms with E-state index in [1.807, 2.05) is 12.1 Å². The molecule has 0 heterocycles. The van der Waals surface area contributed by atoms with Crippen molar-refractivity contribution >= 4 is 17.7 Å². The molecule has 0 bridgehead atoms. The molecule has 0 atom stereocenters. The summed E-state index contributed by atoms with van der Waals surface area (Å²) < 4.78 is 9.61. The highest BCUT2D eigenvalue weighted by atomic mass is 16.5. The molecule has 0 fully saturated rings. The fourth-order valence-corrected chi connectivity index (χ4v) is 1.53. The maximum Gasteiger partial charge on any atom is 0.392 e. The SMILES string of the molecule is COC(=O)/C(=C/C(=N)C(=O)O)[NH2+]Cc1ccc(OC)cc1. The van der Waals surface area contributed by atoms with Crippen LogP contribution in [-0.4, -0.2) is 37.0 Å². The van der Waals surface area contributed by atoms with Gasteiger partial charge in [-0.3, -0.25) is 5.41 Å². The third kappa shape index (κ3) is 5.07. The maximum atomic E-state index is 11.6. The van der Waals surface area contributed by atoms with Gasteiger partial charge in [0.15, 0.2) is 0 Å². The molecule has 0 unspecified atom stereocenters. The number of carbonyl (C=O) groups excluding carboxylic acids is 1. The standard InChI is InChI=1S/C14H16N2O5/c1-20-10-5-3-9(4-6-10)8-16-12(14(19)21-2)7-11(15)13(17)18/h3-7,15-16H,8H2,1-2H3,(H,17,18)/p+1/b12-7-,15-11?. The van der Waals surface area contributed by atoms with Crippen LogP contribution in [0.15, 0.2) is 36.0 Å². The third-order valence-corrected chi connectivity index (χ3v) is 2.67. The molecule has 0 aromatic heterocycles. The fraction of sp³-hybridized carbons (Fsp3) is 0.214. The van der Waals surface area contributed by atoms with E-state index < -0.39 is 17.7 Å². The number of quaternary nitrogens is 1. The molecule has 7 nitrogen and oxygen atoms in total. The minimum Gasteiger partial charge on any atom is -0.497 e. The lowest BCUT2D eigenvalue weighted by molar-refractivity contribution is -0.618. The minimum absolute atomic E-state index is 0.0284. The lowest BCUT2D eigenvalue weighted by atomic mass is 10.2. The molecule has 1 aromatic carbocycles. The first-order chi connectivity index (χ1) is 9.97. The zero-order chi connectivity index (χ0) is 15.8. The lowest BCUT2D eigenvalue weighted by Crippen LogP contribution is -2.82. The molecule has 0 aliphatic rings. The Kier molecular flexibility index (Phi) is 6.09. The second-order valence-corrected chi connectivity index (χ2v) is 4.07. The Bertz CT molecular complexity index is 563. The molecule has 0 radical (unpaired) electrons. The van der Waals surface area contributed by atoms with E-state index in [2.05, 4.69) is 4.74 Å². The van der Waals surface area contributed by atoms with Crippen LogP contribution in [0.5, 0.6) is 5.75 Å². The number of benzene rings is 1. The first kappa shape index (κ1) is 16.4. The fourth-order valence-electron chi connectivity index (χ4n) is 1.53. The summed E-state index contributed by atoms with van der Waals surface area (Å²) in [6, 6.07) is 7.22. The summed E-state index contributed by atoms with van der Waals surface area (Å²) in [4.78, 5) is 22.2. The summed E-state index contributed by atoms with van der Waals surface area (Å²) in [6.07, 6.45) is 0.970.